The number of phenolic OH excluding ortho intramolecular Hbond substituents is 1. The van der Waals surface area contributed by atoms with Gasteiger partial charge < -0.3 is 14.6 Å². The van der Waals surface area contributed by atoms with Crippen LogP contribution in [-0.4, -0.2) is 29.5 Å². The average molecular weight is 251 g/mol. The third kappa shape index (κ3) is 1.69. The summed E-state index contributed by atoms with van der Waals surface area (Å²) in [6, 6.07) is 4.97. The zero-order valence-electron chi connectivity index (χ0n) is 9.61. The number of nitrogens with zero attached hydrogens (tertiary/aromatic N) is 1. The largest absolute Gasteiger partial charge is 0.504 e. The first-order valence-corrected chi connectivity index (χ1v) is 5.89. The predicted octanol–water partition coefficient (Wildman–Crippen LogP) is 1.51. The van der Waals surface area contributed by atoms with E-state index in [2.05, 4.69) is 0 Å². The molecule has 0 unspecified atom stereocenters. The van der Waals surface area contributed by atoms with Crippen molar-refractivity contribution in [2.45, 2.75) is 18.6 Å². The number of phenols is 1. The molecule has 1 N–H and O–H groups in total. The highest BCUT2D eigenvalue weighted by molar-refractivity contribution is 5.49. The van der Waals surface area contributed by atoms with Crippen LogP contribution in [0.1, 0.15) is 17.9 Å². The van der Waals surface area contributed by atoms with Crippen molar-refractivity contribution in [2.24, 2.45) is 5.92 Å². The number of nitro groups is 1. The molecule has 2 aliphatic rings. The molecule has 1 aromatic rings. The van der Waals surface area contributed by atoms with Crippen LogP contribution in [0.2, 0.25) is 0 Å². The van der Waals surface area contributed by atoms with Crippen LogP contribution in [-0.2, 0) is 4.74 Å². The summed E-state index contributed by atoms with van der Waals surface area (Å²) in [5, 5.41) is 20.6. The zero-order chi connectivity index (χ0) is 12.7. The van der Waals surface area contributed by atoms with Crippen LogP contribution in [0, 0.1) is 16.0 Å². The van der Waals surface area contributed by atoms with Gasteiger partial charge in [-0.1, -0.05) is 12.1 Å². The van der Waals surface area contributed by atoms with Gasteiger partial charge in [0.1, 0.15) is 0 Å². The summed E-state index contributed by atoms with van der Waals surface area (Å²) in [5.74, 6) is 0.0651. The van der Waals surface area contributed by atoms with E-state index in [0.717, 1.165) is 6.42 Å². The van der Waals surface area contributed by atoms with Crippen LogP contribution < -0.4 is 4.74 Å². The fraction of sp³-hybridized carbons (Fsp3) is 0.500. The fourth-order valence-corrected chi connectivity index (χ4v) is 2.80. The minimum Gasteiger partial charge on any atom is -0.504 e. The Morgan fingerprint density at radius 2 is 2.33 bits per heavy atom. The molecule has 2 heterocycles. The second kappa shape index (κ2) is 4.13. The van der Waals surface area contributed by atoms with Crippen molar-refractivity contribution in [2.75, 3.05) is 13.2 Å². The van der Waals surface area contributed by atoms with Gasteiger partial charge in [-0.15, -0.1) is 0 Å². The van der Waals surface area contributed by atoms with E-state index in [9.17, 15) is 15.2 Å². The molecule has 0 spiro atoms. The highest BCUT2D eigenvalue weighted by atomic mass is 16.7. The lowest BCUT2D eigenvalue weighted by Crippen LogP contribution is -2.36. The standard InChI is InChI=1S/C12H13NO5/c14-10-3-1-2-7-9(6-13(15)16)8-4-5-17-12(8)18-11(7)10/h1-3,8-9,12,14H,4-6H2/t8-,9-,12+/m1/s1. The monoisotopic (exact) mass is 251 g/mol. The van der Waals surface area contributed by atoms with Gasteiger partial charge in [-0.25, -0.2) is 0 Å². The van der Waals surface area contributed by atoms with E-state index in [1.54, 1.807) is 12.1 Å². The van der Waals surface area contributed by atoms with Gasteiger partial charge in [0.2, 0.25) is 12.8 Å². The molecular formula is C12H13NO5. The van der Waals surface area contributed by atoms with E-state index < -0.39 is 6.29 Å². The second-order valence-electron chi connectivity index (χ2n) is 4.63. The fourth-order valence-electron chi connectivity index (χ4n) is 2.80. The molecule has 0 saturated carbocycles. The summed E-state index contributed by atoms with van der Waals surface area (Å²) in [6.45, 7) is 0.378. The van der Waals surface area contributed by atoms with Gasteiger partial charge in [0.05, 0.1) is 12.5 Å². The Labute approximate surface area is 103 Å². The first kappa shape index (κ1) is 11.3. The molecule has 6 heteroatoms. The summed E-state index contributed by atoms with van der Waals surface area (Å²) in [6.07, 6.45) is 0.272. The van der Waals surface area contributed by atoms with Crippen molar-refractivity contribution < 1.29 is 19.5 Å². The lowest BCUT2D eigenvalue weighted by molar-refractivity contribution is -0.485. The van der Waals surface area contributed by atoms with E-state index in [0.29, 0.717) is 17.9 Å². The Hall–Kier alpha value is -1.82. The molecule has 96 valence electrons. The van der Waals surface area contributed by atoms with Gasteiger partial charge in [-0.2, -0.15) is 0 Å². The Morgan fingerprint density at radius 1 is 1.50 bits per heavy atom. The van der Waals surface area contributed by atoms with Crippen molar-refractivity contribution >= 4 is 0 Å². The lowest BCUT2D eigenvalue weighted by Gasteiger charge is -2.32. The maximum absolute atomic E-state index is 10.8. The van der Waals surface area contributed by atoms with E-state index >= 15 is 0 Å². The van der Waals surface area contributed by atoms with Crippen molar-refractivity contribution in [3.05, 3.63) is 33.9 Å². The van der Waals surface area contributed by atoms with Crippen molar-refractivity contribution in [3.8, 4) is 11.5 Å². The van der Waals surface area contributed by atoms with Crippen LogP contribution in [0.5, 0.6) is 11.5 Å². The zero-order valence-corrected chi connectivity index (χ0v) is 9.61. The molecule has 0 radical (unpaired) electrons. The normalized spacial score (nSPS) is 29.2. The Kier molecular flexibility index (Phi) is 2.59. The summed E-state index contributed by atoms with van der Waals surface area (Å²) < 4.78 is 11.0. The summed E-state index contributed by atoms with van der Waals surface area (Å²) in [5.41, 5.74) is 0.707. The summed E-state index contributed by atoms with van der Waals surface area (Å²) in [7, 11) is 0. The first-order chi connectivity index (χ1) is 8.66. The third-order valence-electron chi connectivity index (χ3n) is 3.60. The first-order valence-electron chi connectivity index (χ1n) is 5.89. The van der Waals surface area contributed by atoms with Crippen molar-refractivity contribution in [1.82, 2.24) is 0 Å². The van der Waals surface area contributed by atoms with Gasteiger partial charge >= 0.3 is 0 Å². The molecular weight excluding hydrogens is 238 g/mol. The van der Waals surface area contributed by atoms with E-state index in [1.807, 2.05) is 0 Å². The molecule has 0 aromatic heterocycles. The number of para-hydroxylation sites is 1. The molecule has 6 nitrogen and oxygen atoms in total. The molecule has 1 fully saturated rings. The minimum absolute atomic E-state index is 0.00907. The summed E-state index contributed by atoms with van der Waals surface area (Å²) >= 11 is 0. The molecule has 0 aliphatic carbocycles. The molecule has 1 saturated heterocycles. The van der Waals surface area contributed by atoms with Crippen LogP contribution in [0.15, 0.2) is 18.2 Å². The Bertz CT molecular complexity index is 489. The van der Waals surface area contributed by atoms with Gasteiger partial charge in [0, 0.05) is 16.4 Å². The number of ether oxygens (including phenoxy) is 2. The lowest BCUT2D eigenvalue weighted by atomic mass is 9.82. The van der Waals surface area contributed by atoms with Gasteiger partial charge in [0.15, 0.2) is 11.5 Å². The highest BCUT2D eigenvalue weighted by Crippen LogP contribution is 2.47. The SMILES string of the molecule is O=[N+]([O-])C[C@@H]1c2cccc(O)c2O[C@@H]2OCC[C@@H]21. The van der Waals surface area contributed by atoms with Gasteiger partial charge in [-0.05, 0) is 12.5 Å². The average Bonchev–Trinajstić information content (AvgIpc) is 2.78. The van der Waals surface area contributed by atoms with Crippen LogP contribution in [0.4, 0.5) is 0 Å². The second-order valence-corrected chi connectivity index (χ2v) is 4.63. The molecule has 0 bridgehead atoms. The molecule has 2 aliphatic heterocycles. The van der Waals surface area contributed by atoms with Crippen molar-refractivity contribution in [1.29, 1.82) is 0 Å². The Morgan fingerprint density at radius 3 is 3.11 bits per heavy atom. The van der Waals surface area contributed by atoms with Gasteiger partial charge in [0.25, 0.3) is 0 Å². The highest BCUT2D eigenvalue weighted by Gasteiger charge is 2.45. The molecule has 3 rings (SSSR count). The smallest absolute Gasteiger partial charge is 0.211 e. The molecule has 3 atom stereocenters. The predicted molar refractivity (Wildman–Crippen MR) is 61.2 cm³/mol. The number of hydrogen-bond acceptors (Lipinski definition) is 5. The van der Waals surface area contributed by atoms with Crippen molar-refractivity contribution in [3.63, 3.8) is 0 Å². The van der Waals surface area contributed by atoms with E-state index in [1.165, 1.54) is 6.07 Å². The third-order valence-corrected chi connectivity index (χ3v) is 3.60. The van der Waals surface area contributed by atoms with Gasteiger partial charge in [-0.3, -0.25) is 10.1 Å². The van der Waals surface area contributed by atoms with Crippen LogP contribution in [0.3, 0.4) is 0 Å². The van der Waals surface area contributed by atoms with Crippen LogP contribution >= 0.6 is 0 Å². The molecule has 18 heavy (non-hydrogen) atoms. The summed E-state index contributed by atoms with van der Waals surface area (Å²) in [4.78, 5) is 10.5. The number of fused-ring (bicyclic) bond motifs is 2. The minimum atomic E-state index is -0.476. The van der Waals surface area contributed by atoms with E-state index in [4.69, 9.17) is 9.47 Å². The maximum Gasteiger partial charge on any atom is 0.211 e. The number of rotatable bonds is 2. The maximum atomic E-state index is 10.8. The Balaban J connectivity index is 2.04. The number of benzene rings is 1. The molecule has 0 amide bonds. The quantitative estimate of drug-likeness (QED) is 0.636. The number of aromatic hydroxyl groups is 1. The number of hydrogen-bond donors (Lipinski definition) is 1. The van der Waals surface area contributed by atoms with Crippen LogP contribution in [0.25, 0.3) is 0 Å². The molecule has 1 aromatic carbocycles. The topological polar surface area (TPSA) is 81.8 Å². The van der Waals surface area contributed by atoms with E-state index in [-0.39, 0.29) is 29.1 Å².